The van der Waals surface area contributed by atoms with Crippen LogP contribution in [0.15, 0.2) is 39.9 Å². The first-order chi connectivity index (χ1) is 9.91. The van der Waals surface area contributed by atoms with Crippen molar-refractivity contribution >= 4 is 11.9 Å². The second kappa shape index (κ2) is 5.45. The second-order valence-electron chi connectivity index (χ2n) is 4.17. The summed E-state index contributed by atoms with van der Waals surface area (Å²) in [4.78, 5) is 47.8. The van der Waals surface area contributed by atoms with Crippen LogP contribution >= 0.6 is 0 Å². The minimum Gasteiger partial charge on any atom is -0.477 e. The zero-order valence-corrected chi connectivity index (χ0v) is 10.6. The maximum absolute atomic E-state index is 12.1. The van der Waals surface area contributed by atoms with Gasteiger partial charge in [0.15, 0.2) is 5.56 Å². The molecule has 0 aliphatic rings. The van der Waals surface area contributed by atoms with Crippen molar-refractivity contribution in [2.24, 2.45) is 0 Å². The predicted octanol–water partition coefficient (Wildman–Crippen LogP) is -0.0187. The number of H-pyrrole nitrogens is 1. The van der Waals surface area contributed by atoms with Crippen LogP contribution < -0.4 is 11.2 Å². The van der Waals surface area contributed by atoms with Crippen molar-refractivity contribution in [2.45, 2.75) is 6.54 Å². The number of aromatic nitrogens is 2. The molecule has 0 saturated heterocycles. The van der Waals surface area contributed by atoms with Gasteiger partial charge in [-0.25, -0.2) is 14.4 Å². The molecule has 2 rings (SSSR count). The van der Waals surface area contributed by atoms with Crippen molar-refractivity contribution in [1.29, 1.82) is 0 Å². The summed E-state index contributed by atoms with van der Waals surface area (Å²) in [6.07, 6.45) is 0. The van der Waals surface area contributed by atoms with Gasteiger partial charge in [0.25, 0.3) is 5.56 Å². The molecule has 1 aromatic carbocycles. The molecule has 0 amide bonds. The van der Waals surface area contributed by atoms with Crippen LogP contribution in [0.5, 0.6) is 0 Å². The van der Waals surface area contributed by atoms with Gasteiger partial charge >= 0.3 is 17.6 Å². The first-order valence-electron chi connectivity index (χ1n) is 5.79. The van der Waals surface area contributed by atoms with Gasteiger partial charge in [-0.05, 0) is 5.56 Å². The number of nitrogens with zero attached hydrogens (tertiary/aromatic N) is 1. The van der Waals surface area contributed by atoms with E-state index in [9.17, 15) is 19.2 Å². The largest absolute Gasteiger partial charge is 0.477 e. The lowest BCUT2D eigenvalue weighted by atomic mass is 10.2. The number of aromatic amines is 1. The second-order valence-corrected chi connectivity index (χ2v) is 4.17. The fourth-order valence-corrected chi connectivity index (χ4v) is 1.84. The molecule has 2 aromatic rings. The smallest absolute Gasteiger partial charge is 0.353 e. The van der Waals surface area contributed by atoms with Crippen molar-refractivity contribution in [3.63, 3.8) is 0 Å². The highest BCUT2D eigenvalue weighted by Crippen LogP contribution is 2.02. The van der Waals surface area contributed by atoms with Crippen LogP contribution in [0, 0.1) is 0 Å². The van der Waals surface area contributed by atoms with Gasteiger partial charge < -0.3 is 15.2 Å². The van der Waals surface area contributed by atoms with Gasteiger partial charge in [-0.3, -0.25) is 9.36 Å². The molecule has 0 spiro atoms. The highest BCUT2D eigenvalue weighted by molar-refractivity contribution is 5.99. The Balaban J connectivity index is 2.66. The van der Waals surface area contributed by atoms with E-state index in [1.54, 1.807) is 30.3 Å². The molecule has 0 saturated carbocycles. The fourth-order valence-electron chi connectivity index (χ4n) is 1.84. The molecule has 0 atom stereocenters. The normalized spacial score (nSPS) is 10.3. The van der Waals surface area contributed by atoms with E-state index in [1.165, 1.54) is 0 Å². The number of nitrogens with one attached hydrogen (secondary N) is 1. The number of hydrogen-bond donors (Lipinski definition) is 3. The molecule has 21 heavy (non-hydrogen) atoms. The molecule has 8 heteroatoms. The lowest BCUT2D eigenvalue weighted by Crippen LogP contribution is -2.41. The average Bonchev–Trinajstić information content (AvgIpc) is 2.43. The first-order valence-corrected chi connectivity index (χ1v) is 5.79. The van der Waals surface area contributed by atoms with Crippen molar-refractivity contribution in [2.75, 3.05) is 0 Å². The molecule has 0 bridgehead atoms. The van der Waals surface area contributed by atoms with Gasteiger partial charge in [0.2, 0.25) is 0 Å². The molecule has 3 N–H and O–H groups in total. The molecular weight excluding hydrogens is 280 g/mol. The van der Waals surface area contributed by atoms with Crippen LogP contribution in [0.1, 0.15) is 26.4 Å². The summed E-state index contributed by atoms with van der Waals surface area (Å²) in [6.45, 7) is -0.158. The van der Waals surface area contributed by atoms with Gasteiger partial charge in [0, 0.05) is 0 Å². The summed E-state index contributed by atoms with van der Waals surface area (Å²) in [5.74, 6) is -3.40. The molecule has 108 valence electrons. The average molecular weight is 290 g/mol. The van der Waals surface area contributed by atoms with E-state index in [-0.39, 0.29) is 6.54 Å². The van der Waals surface area contributed by atoms with Crippen molar-refractivity contribution < 1.29 is 19.8 Å². The SMILES string of the molecule is O=C(O)c1[nH]c(=O)n(Cc2ccccc2)c(=O)c1C(=O)O. The van der Waals surface area contributed by atoms with E-state index in [1.807, 2.05) is 4.98 Å². The van der Waals surface area contributed by atoms with Gasteiger partial charge in [-0.1, -0.05) is 30.3 Å². The molecule has 1 aromatic heterocycles. The number of hydrogen-bond acceptors (Lipinski definition) is 4. The van der Waals surface area contributed by atoms with Gasteiger partial charge in [-0.15, -0.1) is 0 Å². The van der Waals surface area contributed by atoms with E-state index in [2.05, 4.69) is 0 Å². The first kappa shape index (κ1) is 14.3. The number of carboxylic acids is 2. The van der Waals surface area contributed by atoms with Crippen LogP contribution in [-0.4, -0.2) is 31.7 Å². The highest BCUT2D eigenvalue weighted by Gasteiger charge is 2.24. The Hall–Kier alpha value is -3.16. The van der Waals surface area contributed by atoms with E-state index in [0.717, 1.165) is 0 Å². The summed E-state index contributed by atoms with van der Waals surface area (Å²) in [6, 6.07) is 8.43. The number of carbonyl (C=O) groups is 2. The summed E-state index contributed by atoms with van der Waals surface area (Å²) in [7, 11) is 0. The molecular formula is C13H10N2O6. The number of carboxylic acid groups (broad SMARTS) is 2. The summed E-state index contributed by atoms with van der Waals surface area (Å²) < 4.78 is 0.644. The van der Waals surface area contributed by atoms with Crippen LogP contribution in [0.2, 0.25) is 0 Å². The predicted molar refractivity (Wildman–Crippen MR) is 70.8 cm³/mol. The fraction of sp³-hybridized carbons (Fsp3) is 0.0769. The summed E-state index contributed by atoms with van der Waals surface area (Å²) in [5.41, 5.74) is -3.44. The number of rotatable bonds is 4. The Kier molecular flexibility index (Phi) is 3.70. The molecule has 0 aliphatic heterocycles. The van der Waals surface area contributed by atoms with E-state index >= 15 is 0 Å². The zero-order valence-electron chi connectivity index (χ0n) is 10.6. The number of benzene rings is 1. The molecule has 0 aliphatic carbocycles. The lowest BCUT2D eigenvalue weighted by molar-refractivity contribution is 0.0642. The quantitative estimate of drug-likeness (QED) is 0.725. The van der Waals surface area contributed by atoms with Gasteiger partial charge in [0.05, 0.1) is 6.54 Å². The Morgan fingerprint density at radius 1 is 1.05 bits per heavy atom. The minimum atomic E-state index is -1.71. The molecule has 0 unspecified atom stereocenters. The highest BCUT2D eigenvalue weighted by atomic mass is 16.4. The maximum atomic E-state index is 12.1. The Labute approximate surface area is 116 Å². The monoisotopic (exact) mass is 290 g/mol. The molecule has 0 radical (unpaired) electrons. The standard InChI is InChI=1S/C13H10N2O6/c16-10-8(11(17)18)9(12(19)20)14-13(21)15(10)6-7-4-2-1-3-5-7/h1-5H,6H2,(H,14,21)(H,17,18)(H,19,20). The number of aromatic carboxylic acids is 2. The third-order valence-electron chi connectivity index (χ3n) is 2.80. The maximum Gasteiger partial charge on any atom is 0.353 e. The van der Waals surface area contributed by atoms with Gasteiger partial charge in [-0.2, -0.15) is 0 Å². The summed E-state index contributed by atoms with van der Waals surface area (Å²) in [5, 5.41) is 17.8. The molecule has 8 nitrogen and oxygen atoms in total. The van der Waals surface area contributed by atoms with Crippen LogP contribution in [0.4, 0.5) is 0 Å². The van der Waals surface area contributed by atoms with Crippen molar-refractivity contribution in [3.8, 4) is 0 Å². The zero-order chi connectivity index (χ0) is 15.6. The third-order valence-corrected chi connectivity index (χ3v) is 2.80. The minimum absolute atomic E-state index is 0.158. The van der Waals surface area contributed by atoms with Gasteiger partial charge in [0.1, 0.15) is 5.69 Å². The third kappa shape index (κ3) is 2.73. The summed E-state index contributed by atoms with van der Waals surface area (Å²) >= 11 is 0. The lowest BCUT2D eigenvalue weighted by Gasteiger charge is -2.07. The van der Waals surface area contributed by atoms with Crippen LogP contribution in [0.25, 0.3) is 0 Å². The van der Waals surface area contributed by atoms with Crippen molar-refractivity contribution in [3.05, 3.63) is 68.0 Å². The Morgan fingerprint density at radius 3 is 2.19 bits per heavy atom. The molecule has 0 fully saturated rings. The van der Waals surface area contributed by atoms with E-state index in [4.69, 9.17) is 10.2 Å². The molecule has 1 heterocycles. The van der Waals surface area contributed by atoms with Crippen LogP contribution in [0.3, 0.4) is 0 Å². The van der Waals surface area contributed by atoms with E-state index in [0.29, 0.717) is 10.1 Å². The van der Waals surface area contributed by atoms with E-state index < -0.39 is 34.4 Å². The van der Waals surface area contributed by atoms with Crippen molar-refractivity contribution in [1.82, 2.24) is 9.55 Å². The Morgan fingerprint density at radius 2 is 1.67 bits per heavy atom. The van der Waals surface area contributed by atoms with Crippen LogP contribution in [-0.2, 0) is 6.54 Å². The Bertz CT molecular complexity index is 819. The topological polar surface area (TPSA) is 129 Å².